The Morgan fingerprint density at radius 1 is 1.10 bits per heavy atom. The van der Waals surface area contributed by atoms with Gasteiger partial charge in [-0.25, -0.2) is 9.97 Å². The van der Waals surface area contributed by atoms with Crippen molar-refractivity contribution in [3.63, 3.8) is 0 Å². The van der Waals surface area contributed by atoms with Crippen molar-refractivity contribution in [2.24, 2.45) is 5.41 Å². The summed E-state index contributed by atoms with van der Waals surface area (Å²) in [6.07, 6.45) is 5.76. The van der Waals surface area contributed by atoms with E-state index in [0.717, 1.165) is 69.9 Å². The van der Waals surface area contributed by atoms with E-state index < -0.39 is 0 Å². The van der Waals surface area contributed by atoms with Gasteiger partial charge < -0.3 is 15.2 Å². The van der Waals surface area contributed by atoms with Gasteiger partial charge in [-0.3, -0.25) is 0 Å². The number of nitrogens with one attached hydrogen (secondary N) is 1. The number of hydrogen-bond donors (Lipinski definition) is 1. The van der Waals surface area contributed by atoms with E-state index in [2.05, 4.69) is 64.8 Å². The molecular formula is C25H34N6. The molecule has 0 amide bonds. The van der Waals surface area contributed by atoms with E-state index >= 15 is 0 Å². The lowest BCUT2D eigenvalue weighted by Gasteiger charge is -2.31. The summed E-state index contributed by atoms with van der Waals surface area (Å²) in [5, 5.41) is 16.9. The molecule has 1 fully saturated rings. The number of likely N-dealkylation sites (tertiary alicyclic amines) is 1. The minimum absolute atomic E-state index is 0.102. The highest BCUT2D eigenvalue weighted by Crippen LogP contribution is 2.22. The molecule has 0 unspecified atom stereocenters. The second kappa shape index (κ2) is 10.5. The Morgan fingerprint density at radius 2 is 1.77 bits per heavy atom. The molecule has 164 valence electrons. The van der Waals surface area contributed by atoms with Crippen LogP contribution in [0.1, 0.15) is 57.0 Å². The summed E-state index contributed by atoms with van der Waals surface area (Å²) < 4.78 is 0. The van der Waals surface area contributed by atoms with Crippen molar-refractivity contribution >= 4 is 11.5 Å². The van der Waals surface area contributed by atoms with Crippen LogP contribution < -0.4 is 4.90 Å². The number of anilines is 1. The molecule has 6 nitrogen and oxygen atoms in total. The van der Waals surface area contributed by atoms with E-state index in [-0.39, 0.29) is 11.2 Å². The molecule has 0 bridgehead atoms. The van der Waals surface area contributed by atoms with E-state index in [1.807, 2.05) is 12.1 Å². The maximum absolute atomic E-state index is 9.16. The van der Waals surface area contributed by atoms with Crippen molar-refractivity contribution in [1.29, 1.82) is 10.7 Å². The van der Waals surface area contributed by atoms with Crippen LogP contribution in [0.3, 0.4) is 0 Å². The van der Waals surface area contributed by atoms with Gasteiger partial charge in [-0.15, -0.1) is 0 Å². The molecule has 0 spiro atoms. The van der Waals surface area contributed by atoms with Crippen LogP contribution >= 0.6 is 0 Å². The predicted octanol–water partition coefficient (Wildman–Crippen LogP) is 4.45. The van der Waals surface area contributed by atoms with Gasteiger partial charge in [0, 0.05) is 38.1 Å². The second-order valence-electron chi connectivity index (χ2n) is 9.63. The zero-order valence-electron chi connectivity index (χ0n) is 19.1. The average molecular weight is 419 g/mol. The fourth-order valence-corrected chi connectivity index (χ4v) is 3.95. The van der Waals surface area contributed by atoms with Crippen molar-refractivity contribution in [2.45, 2.75) is 53.0 Å². The SMILES string of the molecule is CC(C)(C)CN(Cc1ccc(CCCN2CCC(=N)CC2)cc1)c1ccnc(C#N)n1. The maximum Gasteiger partial charge on any atom is 0.234 e. The molecule has 3 rings (SSSR count). The summed E-state index contributed by atoms with van der Waals surface area (Å²) in [6.45, 7) is 11.4. The minimum Gasteiger partial charge on any atom is -0.352 e. The van der Waals surface area contributed by atoms with Crippen LogP contribution in [-0.2, 0) is 13.0 Å². The molecule has 2 heterocycles. The first-order valence-corrected chi connectivity index (χ1v) is 11.2. The lowest BCUT2D eigenvalue weighted by atomic mass is 9.95. The van der Waals surface area contributed by atoms with Gasteiger partial charge in [0.05, 0.1) is 0 Å². The zero-order chi connectivity index (χ0) is 22.3. The third-order valence-electron chi connectivity index (χ3n) is 5.53. The van der Waals surface area contributed by atoms with Gasteiger partial charge in [0.1, 0.15) is 11.9 Å². The highest BCUT2D eigenvalue weighted by Gasteiger charge is 2.19. The molecule has 0 aliphatic carbocycles. The third-order valence-corrected chi connectivity index (χ3v) is 5.53. The van der Waals surface area contributed by atoms with Crippen LogP contribution in [0.25, 0.3) is 0 Å². The number of piperidine rings is 1. The summed E-state index contributed by atoms with van der Waals surface area (Å²) in [6, 6.07) is 12.8. The topological polar surface area (TPSA) is 79.9 Å². The molecule has 1 saturated heterocycles. The minimum atomic E-state index is 0.102. The highest BCUT2D eigenvalue weighted by molar-refractivity contribution is 5.82. The number of aryl methyl sites for hydroxylation is 1. The van der Waals surface area contributed by atoms with Crippen molar-refractivity contribution in [3.8, 4) is 6.07 Å². The van der Waals surface area contributed by atoms with Crippen LogP contribution in [-0.4, -0.2) is 46.8 Å². The fraction of sp³-hybridized carbons (Fsp3) is 0.520. The largest absolute Gasteiger partial charge is 0.352 e. The molecule has 31 heavy (non-hydrogen) atoms. The molecule has 1 aromatic heterocycles. The zero-order valence-corrected chi connectivity index (χ0v) is 19.1. The Labute approximate surface area is 186 Å². The van der Waals surface area contributed by atoms with E-state index in [4.69, 9.17) is 10.7 Å². The van der Waals surface area contributed by atoms with Gasteiger partial charge in [-0.05, 0) is 54.8 Å². The number of benzene rings is 1. The summed E-state index contributed by atoms with van der Waals surface area (Å²) in [5.74, 6) is 0.998. The summed E-state index contributed by atoms with van der Waals surface area (Å²) in [7, 11) is 0. The Bertz CT molecular complexity index is 897. The van der Waals surface area contributed by atoms with Crippen LogP contribution in [0.4, 0.5) is 5.82 Å². The molecule has 0 saturated carbocycles. The van der Waals surface area contributed by atoms with Gasteiger partial charge in [-0.1, -0.05) is 45.0 Å². The van der Waals surface area contributed by atoms with Crippen LogP contribution in [0, 0.1) is 22.2 Å². The normalized spacial score (nSPS) is 15.0. The molecule has 2 aromatic rings. The average Bonchev–Trinajstić information content (AvgIpc) is 2.75. The monoisotopic (exact) mass is 418 g/mol. The van der Waals surface area contributed by atoms with Crippen molar-refractivity contribution < 1.29 is 0 Å². The van der Waals surface area contributed by atoms with E-state index in [1.165, 1.54) is 11.1 Å². The number of nitriles is 1. The van der Waals surface area contributed by atoms with Crippen molar-refractivity contribution in [1.82, 2.24) is 14.9 Å². The van der Waals surface area contributed by atoms with Gasteiger partial charge in [0.15, 0.2) is 0 Å². The molecule has 1 N–H and O–H groups in total. The van der Waals surface area contributed by atoms with Gasteiger partial charge in [0.25, 0.3) is 0 Å². The summed E-state index contributed by atoms with van der Waals surface area (Å²) in [5.41, 5.74) is 3.60. The lowest BCUT2D eigenvalue weighted by Crippen LogP contribution is -2.34. The van der Waals surface area contributed by atoms with Gasteiger partial charge >= 0.3 is 0 Å². The summed E-state index contributed by atoms with van der Waals surface area (Å²) in [4.78, 5) is 13.1. The molecule has 1 aromatic carbocycles. The smallest absolute Gasteiger partial charge is 0.234 e. The Hall–Kier alpha value is -2.78. The Kier molecular flexibility index (Phi) is 7.75. The first-order chi connectivity index (χ1) is 14.8. The Morgan fingerprint density at radius 3 is 2.42 bits per heavy atom. The van der Waals surface area contributed by atoms with Crippen LogP contribution in [0.2, 0.25) is 0 Å². The summed E-state index contributed by atoms with van der Waals surface area (Å²) >= 11 is 0. The standard InChI is InChI=1S/C25H34N6/c1-25(2,3)19-31(24-10-13-28-23(17-26)29-24)18-21-8-6-20(7-9-21)5-4-14-30-15-11-22(27)12-16-30/h6-10,13,27H,4-5,11-12,14-16,18-19H2,1-3H3. The van der Waals surface area contributed by atoms with Crippen LogP contribution in [0.5, 0.6) is 0 Å². The Balaban J connectivity index is 1.58. The number of rotatable bonds is 8. The maximum atomic E-state index is 9.16. The molecule has 0 radical (unpaired) electrons. The fourth-order valence-electron chi connectivity index (χ4n) is 3.95. The first kappa shape index (κ1) is 22.9. The molecule has 0 atom stereocenters. The van der Waals surface area contributed by atoms with Gasteiger partial charge in [0.2, 0.25) is 5.82 Å². The van der Waals surface area contributed by atoms with E-state index in [0.29, 0.717) is 0 Å². The predicted molar refractivity (Wildman–Crippen MR) is 125 cm³/mol. The van der Waals surface area contributed by atoms with E-state index in [9.17, 15) is 0 Å². The number of aromatic nitrogens is 2. The molecule has 1 aliphatic heterocycles. The molecule has 6 heteroatoms. The molecule has 1 aliphatic rings. The van der Waals surface area contributed by atoms with Crippen molar-refractivity contribution in [2.75, 3.05) is 31.1 Å². The molecular weight excluding hydrogens is 384 g/mol. The number of hydrogen-bond acceptors (Lipinski definition) is 6. The van der Waals surface area contributed by atoms with Gasteiger partial charge in [-0.2, -0.15) is 5.26 Å². The van der Waals surface area contributed by atoms with Crippen LogP contribution in [0.15, 0.2) is 36.5 Å². The second-order valence-corrected chi connectivity index (χ2v) is 9.63. The van der Waals surface area contributed by atoms with Crippen molar-refractivity contribution in [3.05, 3.63) is 53.5 Å². The lowest BCUT2D eigenvalue weighted by molar-refractivity contribution is 0.271. The highest BCUT2D eigenvalue weighted by atomic mass is 15.2. The third kappa shape index (κ3) is 7.45. The first-order valence-electron chi connectivity index (χ1n) is 11.2. The number of nitrogens with zero attached hydrogens (tertiary/aromatic N) is 5. The van der Waals surface area contributed by atoms with E-state index in [1.54, 1.807) is 6.20 Å². The quantitative estimate of drug-likeness (QED) is 0.685.